The highest BCUT2D eigenvalue weighted by Gasteiger charge is 2.42. The third-order valence-electron chi connectivity index (χ3n) is 2.68. The zero-order valence-electron chi connectivity index (χ0n) is 8.04. The van der Waals surface area contributed by atoms with E-state index in [0.29, 0.717) is 11.3 Å². The Balaban J connectivity index is 2.39. The SMILES string of the molecule is COC1(C)C=CC2=C(OCC2=O)C1Cl. The molecule has 0 spiro atoms. The highest BCUT2D eigenvalue weighted by atomic mass is 35.5. The average molecular weight is 215 g/mol. The van der Waals surface area contributed by atoms with E-state index in [0.717, 1.165) is 0 Å². The van der Waals surface area contributed by atoms with Gasteiger partial charge in [-0.05, 0) is 13.0 Å². The van der Waals surface area contributed by atoms with E-state index in [1.807, 2.05) is 6.92 Å². The minimum Gasteiger partial charge on any atom is -0.487 e. The molecule has 1 aliphatic carbocycles. The van der Waals surface area contributed by atoms with E-state index >= 15 is 0 Å². The summed E-state index contributed by atoms with van der Waals surface area (Å²) in [6.07, 6.45) is 3.53. The van der Waals surface area contributed by atoms with Crippen LogP contribution < -0.4 is 0 Å². The maximum atomic E-state index is 11.3. The fourth-order valence-electron chi connectivity index (χ4n) is 1.59. The predicted octanol–water partition coefficient (Wildman–Crippen LogP) is 1.42. The second kappa shape index (κ2) is 3.11. The number of allylic oxidation sites excluding steroid dienone is 1. The molecule has 0 saturated heterocycles. The van der Waals surface area contributed by atoms with Gasteiger partial charge in [0.1, 0.15) is 16.7 Å². The van der Waals surface area contributed by atoms with Gasteiger partial charge in [0.2, 0.25) is 5.78 Å². The van der Waals surface area contributed by atoms with Crippen molar-refractivity contribution in [1.82, 2.24) is 0 Å². The lowest BCUT2D eigenvalue weighted by atomic mass is 9.91. The Morgan fingerprint density at radius 1 is 1.71 bits per heavy atom. The minimum atomic E-state index is -0.592. The first-order valence-electron chi connectivity index (χ1n) is 4.37. The summed E-state index contributed by atoms with van der Waals surface area (Å²) in [6, 6.07) is 0. The molecule has 3 nitrogen and oxygen atoms in total. The highest BCUT2D eigenvalue weighted by Crippen LogP contribution is 2.37. The maximum Gasteiger partial charge on any atom is 0.203 e. The van der Waals surface area contributed by atoms with Gasteiger partial charge in [-0.1, -0.05) is 6.08 Å². The van der Waals surface area contributed by atoms with E-state index in [4.69, 9.17) is 21.1 Å². The maximum absolute atomic E-state index is 11.3. The number of carbonyl (C=O) groups excluding carboxylic acids is 1. The van der Waals surface area contributed by atoms with E-state index in [-0.39, 0.29) is 12.4 Å². The van der Waals surface area contributed by atoms with Crippen LogP contribution in [0.2, 0.25) is 0 Å². The summed E-state index contributed by atoms with van der Waals surface area (Å²) in [5.74, 6) is 0.531. The lowest BCUT2D eigenvalue weighted by Gasteiger charge is -2.32. The summed E-state index contributed by atoms with van der Waals surface area (Å²) < 4.78 is 10.5. The Morgan fingerprint density at radius 2 is 2.43 bits per heavy atom. The van der Waals surface area contributed by atoms with Gasteiger partial charge in [0.25, 0.3) is 0 Å². The van der Waals surface area contributed by atoms with E-state index in [9.17, 15) is 4.79 Å². The molecule has 14 heavy (non-hydrogen) atoms. The third-order valence-corrected chi connectivity index (χ3v) is 3.31. The van der Waals surface area contributed by atoms with E-state index in [2.05, 4.69) is 0 Å². The van der Waals surface area contributed by atoms with E-state index < -0.39 is 11.0 Å². The Hall–Kier alpha value is -0.800. The van der Waals surface area contributed by atoms with Crippen molar-refractivity contribution >= 4 is 17.4 Å². The summed E-state index contributed by atoms with van der Waals surface area (Å²) in [6.45, 7) is 1.95. The largest absolute Gasteiger partial charge is 0.487 e. The first-order valence-corrected chi connectivity index (χ1v) is 4.81. The van der Waals surface area contributed by atoms with Gasteiger partial charge < -0.3 is 9.47 Å². The number of hydrogen-bond donors (Lipinski definition) is 0. The normalized spacial score (nSPS) is 35.9. The number of carbonyl (C=O) groups is 1. The van der Waals surface area contributed by atoms with Crippen molar-refractivity contribution in [2.24, 2.45) is 0 Å². The molecule has 0 radical (unpaired) electrons. The summed E-state index contributed by atoms with van der Waals surface area (Å²) in [5.41, 5.74) is -0.00936. The summed E-state index contributed by atoms with van der Waals surface area (Å²) in [5, 5.41) is -0.432. The molecular formula is C10H11ClO3. The lowest BCUT2D eigenvalue weighted by Crippen LogP contribution is -2.39. The lowest BCUT2D eigenvalue weighted by molar-refractivity contribution is -0.116. The van der Waals surface area contributed by atoms with Crippen LogP contribution >= 0.6 is 11.6 Å². The Bertz CT molecular complexity index is 345. The number of hydrogen-bond acceptors (Lipinski definition) is 3. The van der Waals surface area contributed by atoms with Gasteiger partial charge >= 0.3 is 0 Å². The van der Waals surface area contributed by atoms with Crippen molar-refractivity contribution < 1.29 is 14.3 Å². The molecule has 1 heterocycles. The van der Waals surface area contributed by atoms with Crippen LogP contribution in [0.1, 0.15) is 6.92 Å². The third kappa shape index (κ3) is 1.20. The quantitative estimate of drug-likeness (QED) is 0.620. The van der Waals surface area contributed by atoms with Crippen LogP contribution in [-0.2, 0) is 14.3 Å². The van der Waals surface area contributed by atoms with Crippen molar-refractivity contribution in [3.63, 3.8) is 0 Å². The second-order valence-corrected chi connectivity index (χ2v) is 4.01. The highest BCUT2D eigenvalue weighted by molar-refractivity contribution is 6.24. The van der Waals surface area contributed by atoms with Gasteiger partial charge in [-0.3, -0.25) is 4.79 Å². The molecule has 2 unspecified atom stereocenters. The molecule has 0 aromatic carbocycles. The van der Waals surface area contributed by atoms with Crippen LogP contribution in [0.4, 0.5) is 0 Å². The summed E-state index contributed by atoms with van der Waals surface area (Å²) >= 11 is 6.18. The topological polar surface area (TPSA) is 35.5 Å². The van der Waals surface area contributed by atoms with Crippen LogP contribution in [0.5, 0.6) is 0 Å². The molecule has 0 aromatic rings. The molecule has 2 rings (SSSR count). The molecule has 2 atom stereocenters. The van der Waals surface area contributed by atoms with Crippen LogP contribution in [0.25, 0.3) is 0 Å². The van der Waals surface area contributed by atoms with Crippen LogP contribution in [0, 0.1) is 0 Å². The number of rotatable bonds is 1. The van der Waals surface area contributed by atoms with Gasteiger partial charge in [-0.15, -0.1) is 11.6 Å². The molecule has 0 N–H and O–H groups in total. The Morgan fingerprint density at radius 3 is 3.07 bits per heavy atom. The van der Waals surface area contributed by atoms with Crippen molar-refractivity contribution in [3.05, 3.63) is 23.5 Å². The number of ether oxygens (including phenoxy) is 2. The monoisotopic (exact) mass is 214 g/mol. The van der Waals surface area contributed by atoms with Gasteiger partial charge in [-0.2, -0.15) is 0 Å². The molecule has 0 amide bonds. The Labute approximate surface area is 87.3 Å². The first kappa shape index (κ1) is 9.74. The molecule has 1 aliphatic heterocycles. The Kier molecular flexibility index (Phi) is 2.16. The molecule has 0 fully saturated rings. The number of ketones is 1. The molecular weight excluding hydrogens is 204 g/mol. The van der Waals surface area contributed by atoms with E-state index in [1.165, 1.54) is 0 Å². The van der Waals surface area contributed by atoms with Gasteiger partial charge in [0.05, 0.1) is 5.57 Å². The van der Waals surface area contributed by atoms with Crippen molar-refractivity contribution in [3.8, 4) is 0 Å². The van der Waals surface area contributed by atoms with E-state index in [1.54, 1.807) is 19.3 Å². The fraction of sp³-hybridized carbons (Fsp3) is 0.500. The summed E-state index contributed by atoms with van der Waals surface area (Å²) in [7, 11) is 1.59. The number of alkyl halides is 1. The van der Waals surface area contributed by atoms with Crippen LogP contribution in [0.15, 0.2) is 23.5 Å². The second-order valence-electron chi connectivity index (χ2n) is 3.57. The molecule has 0 aromatic heterocycles. The first-order chi connectivity index (χ1) is 6.58. The number of methoxy groups -OCH3 is 1. The van der Waals surface area contributed by atoms with Crippen LogP contribution in [0.3, 0.4) is 0 Å². The standard InChI is InChI=1S/C10H11ClO3/c1-10(13-2)4-3-6-7(12)5-14-8(6)9(10)11/h3-4,9H,5H2,1-2H3. The van der Waals surface area contributed by atoms with Crippen LogP contribution in [-0.4, -0.2) is 30.5 Å². The number of Topliss-reactive ketones (excluding diaryl/α,β-unsaturated/α-hetero) is 1. The van der Waals surface area contributed by atoms with Gasteiger partial charge in [0.15, 0.2) is 6.61 Å². The van der Waals surface area contributed by atoms with Gasteiger partial charge in [-0.25, -0.2) is 0 Å². The molecule has 0 saturated carbocycles. The average Bonchev–Trinajstić information content (AvgIpc) is 2.55. The fourth-order valence-corrected chi connectivity index (χ4v) is 1.93. The van der Waals surface area contributed by atoms with Gasteiger partial charge in [0, 0.05) is 7.11 Å². The molecule has 0 bridgehead atoms. The zero-order chi connectivity index (χ0) is 10.3. The predicted molar refractivity (Wildman–Crippen MR) is 52.2 cm³/mol. The molecule has 2 aliphatic rings. The summed E-state index contributed by atoms with van der Waals surface area (Å²) in [4.78, 5) is 11.3. The van der Waals surface area contributed by atoms with Crippen molar-refractivity contribution in [2.45, 2.75) is 17.9 Å². The van der Waals surface area contributed by atoms with Crippen molar-refractivity contribution in [2.75, 3.05) is 13.7 Å². The molecule has 4 heteroatoms. The smallest absolute Gasteiger partial charge is 0.203 e. The van der Waals surface area contributed by atoms with Crippen molar-refractivity contribution in [1.29, 1.82) is 0 Å². The molecule has 76 valence electrons. The minimum absolute atomic E-state index is 0.0138. The zero-order valence-corrected chi connectivity index (χ0v) is 8.80. The number of halogens is 1.